The maximum atomic E-state index is 10.3. The predicted octanol–water partition coefficient (Wildman–Crippen LogP) is 0.907. The number of hydrogen-bond acceptors (Lipinski definition) is 4. The van der Waals surface area contributed by atoms with Crippen molar-refractivity contribution in [2.24, 2.45) is 0 Å². The molecule has 0 aliphatic heterocycles. The van der Waals surface area contributed by atoms with E-state index in [2.05, 4.69) is 5.32 Å². The van der Waals surface area contributed by atoms with Crippen molar-refractivity contribution in [3.05, 3.63) is 12.7 Å². The van der Waals surface area contributed by atoms with Crippen LogP contribution in [0.4, 0.5) is 0 Å². The standard InChI is InChI=1S/C5H9NO2.C4H7NO2.CH3.3W/c1-4(7)6(3)5(2)8;1-3(6)5-4(2)7;;;;/h1-3H3;1-2H3,(H,5,6,7);1H3;;;/q;;-1;;;+2/p-1. The third-order valence-electron chi connectivity index (χ3n) is 1.26. The Morgan fingerprint density at radius 3 is 1.00 bits per heavy atom. The van der Waals surface area contributed by atoms with Crippen molar-refractivity contribution in [3.8, 4) is 0 Å². The zero-order chi connectivity index (χ0) is 12.6. The van der Waals surface area contributed by atoms with Crippen LogP contribution in [-0.2, 0) is 82.4 Å². The maximum Gasteiger partial charge on any atom is 2.00 e. The van der Waals surface area contributed by atoms with Gasteiger partial charge in [0.2, 0.25) is 11.8 Å². The molecule has 0 saturated heterocycles. The van der Waals surface area contributed by atoms with Gasteiger partial charge in [-0.3, -0.25) is 14.5 Å². The van der Waals surface area contributed by atoms with Gasteiger partial charge in [-0.15, -0.1) is 0 Å². The fourth-order valence-corrected chi connectivity index (χ4v) is 0.443. The van der Waals surface area contributed by atoms with Crippen LogP contribution in [-0.4, -0.2) is 35.6 Å². The average Bonchev–Trinajstić information content (AvgIpc) is 2.00. The Kier molecular flexibility index (Phi) is 39.7. The van der Waals surface area contributed by atoms with Gasteiger partial charge >= 0.3 is 21.1 Å². The number of hydrogen-bond donors (Lipinski definition) is 0. The summed E-state index contributed by atoms with van der Waals surface area (Å²) in [6, 6.07) is 0. The van der Waals surface area contributed by atoms with E-state index in [9.17, 15) is 19.2 Å². The van der Waals surface area contributed by atoms with E-state index in [1.54, 1.807) is 0 Å². The van der Waals surface area contributed by atoms with Crippen molar-refractivity contribution in [2.75, 3.05) is 7.05 Å². The van der Waals surface area contributed by atoms with Gasteiger partial charge in [-0.05, 0) is 13.8 Å². The van der Waals surface area contributed by atoms with E-state index in [4.69, 9.17) is 0 Å². The first kappa shape index (κ1) is 36.6. The Labute approximate surface area is 157 Å². The van der Waals surface area contributed by atoms with Crippen LogP contribution >= 0.6 is 0 Å². The van der Waals surface area contributed by atoms with E-state index in [1.165, 1.54) is 34.7 Å². The molecular weight excluding hydrogens is 764 g/mol. The molecule has 0 fully saturated rings. The van der Waals surface area contributed by atoms with Gasteiger partial charge in [-0.1, -0.05) is 0 Å². The second kappa shape index (κ2) is 20.7. The minimum atomic E-state index is -0.437. The zero-order valence-corrected chi connectivity index (χ0v) is 20.6. The van der Waals surface area contributed by atoms with Crippen molar-refractivity contribution in [3.63, 3.8) is 0 Å². The van der Waals surface area contributed by atoms with Gasteiger partial charge in [-0.2, -0.15) is 0 Å². The molecule has 0 spiro atoms. The van der Waals surface area contributed by atoms with E-state index in [0.29, 0.717) is 0 Å². The van der Waals surface area contributed by atoms with Gasteiger partial charge in [0.25, 0.3) is 0 Å². The van der Waals surface area contributed by atoms with Crippen molar-refractivity contribution in [2.45, 2.75) is 27.7 Å². The summed E-state index contributed by atoms with van der Waals surface area (Å²) in [5.74, 6) is -1.32. The van der Waals surface area contributed by atoms with Crippen LogP contribution in [0.2, 0.25) is 0 Å². The van der Waals surface area contributed by atoms with Gasteiger partial charge in [0.1, 0.15) is 0 Å². The Bertz CT molecular complexity index is 260. The summed E-state index contributed by atoms with van der Waals surface area (Å²) in [5.41, 5.74) is 0. The summed E-state index contributed by atoms with van der Waals surface area (Å²) in [6.07, 6.45) is 0. The summed E-state index contributed by atoms with van der Waals surface area (Å²) in [5, 5.41) is 3.00. The number of carbonyl (C=O) groups is 4. The molecule has 6 nitrogen and oxygen atoms in total. The summed E-state index contributed by atoms with van der Waals surface area (Å²) in [6.45, 7) is 5.17. The van der Waals surface area contributed by atoms with E-state index in [1.807, 2.05) is 0 Å². The number of imide groups is 2. The fourth-order valence-electron chi connectivity index (χ4n) is 0.443. The van der Waals surface area contributed by atoms with E-state index < -0.39 is 11.8 Å². The van der Waals surface area contributed by atoms with Crippen LogP contribution < -0.4 is 0 Å². The van der Waals surface area contributed by atoms with E-state index >= 15 is 0 Å². The van der Waals surface area contributed by atoms with Crippen LogP contribution in [0.25, 0.3) is 5.32 Å². The van der Waals surface area contributed by atoms with Gasteiger partial charge in [0.15, 0.2) is 0 Å². The zero-order valence-electron chi connectivity index (χ0n) is 11.8. The molecule has 0 saturated carbocycles. The Morgan fingerprint density at radius 1 is 0.789 bits per heavy atom. The first-order valence-corrected chi connectivity index (χ1v) is 4.16. The van der Waals surface area contributed by atoms with Crippen LogP contribution in [0.3, 0.4) is 0 Å². The fraction of sp³-hybridized carbons (Fsp3) is 0.500. The normalized spacial score (nSPS) is 6.37. The molecule has 0 rings (SSSR count). The van der Waals surface area contributed by atoms with Gasteiger partial charge in [0, 0.05) is 63.0 Å². The summed E-state index contributed by atoms with van der Waals surface area (Å²) in [4.78, 5) is 41.4. The van der Waals surface area contributed by atoms with Crippen LogP contribution in [0, 0.1) is 7.43 Å². The number of amides is 4. The molecule has 0 bridgehead atoms. The molecule has 0 aliphatic rings. The molecule has 0 aromatic rings. The first-order valence-electron chi connectivity index (χ1n) is 4.16. The molecule has 19 heavy (non-hydrogen) atoms. The maximum absolute atomic E-state index is 10.3. The smallest absolute Gasteiger partial charge is 0.596 e. The molecule has 9 heteroatoms. The Morgan fingerprint density at radius 2 is 1.00 bits per heavy atom. The molecule has 0 aliphatic carbocycles. The van der Waals surface area contributed by atoms with Crippen molar-refractivity contribution in [1.29, 1.82) is 0 Å². The molecule has 0 unspecified atom stereocenters. The average molecular weight is 782 g/mol. The molecule has 0 aromatic carbocycles. The molecule has 0 radical (unpaired) electrons. The summed E-state index contributed by atoms with van der Waals surface area (Å²) >= 11 is 0. The second-order valence-electron chi connectivity index (χ2n) is 2.75. The second-order valence-corrected chi connectivity index (χ2v) is 2.75. The number of carbonyl (C=O) groups excluding carboxylic acids is 4. The SMILES string of the molecule is CC(=O)N(C)C(C)=O.CC(=O)[N-]C(C)=O.[CH3-].[W+2].[W].[W]. The third kappa shape index (κ3) is 32.2. The first-order chi connectivity index (χ1) is 6.68. The minimum Gasteiger partial charge on any atom is -0.596 e. The molecule has 0 N–H and O–H groups in total. The summed E-state index contributed by atoms with van der Waals surface area (Å²) in [7, 11) is 1.45. The molecule has 0 atom stereocenters. The van der Waals surface area contributed by atoms with Crippen LogP contribution in [0.15, 0.2) is 0 Å². The van der Waals surface area contributed by atoms with E-state index in [-0.39, 0.29) is 82.4 Å². The van der Waals surface area contributed by atoms with Crippen molar-refractivity contribution < 1.29 is 82.4 Å². The minimum absolute atomic E-state index is 0. The van der Waals surface area contributed by atoms with E-state index in [0.717, 1.165) is 4.90 Å². The topological polar surface area (TPSA) is 85.6 Å². The van der Waals surface area contributed by atoms with Crippen molar-refractivity contribution >= 4 is 23.6 Å². The predicted molar refractivity (Wildman–Crippen MR) is 60.3 cm³/mol. The molecule has 0 heterocycles. The number of rotatable bonds is 0. The molecule has 4 amide bonds. The number of nitrogens with zero attached hydrogens (tertiary/aromatic N) is 2. The van der Waals surface area contributed by atoms with Crippen molar-refractivity contribution in [1.82, 2.24) is 4.90 Å². The van der Waals surface area contributed by atoms with Crippen LogP contribution in [0.5, 0.6) is 0 Å². The Balaban J connectivity index is -0.0000000369. The molecule has 110 valence electrons. The summed E-state index contributed by atoms with van der Waals surface area (Å²) < 4.78 is 0. The van der Waals surface area contributed by atoms with Crippen LogP contribution in [0.1, 0.15) is 27.7 Å². The largest absolute Gasteiger partial charge is 2.00 e. The van der Waals surface area contributed by atoms with Gasteiger partial charge in [0.05, 0.1) is 11.8 Å². The monoisotopic (exact) mass is 782 g/mol. The van der Waals surface area contributed by atoms with Gasteiger partial charge < -0.3 is 22.3 Å². The quantitative estimate of drug-likeness (QED) is 0.343. The molecular formula is C10H18N2O4W3. The molecule has 0 aromatic heterocycles. The Hall–Kier alpha value is 0.345. The van der Waals surface area contributed by atoms with Gasteiger partial charge in [-0.25, -0.2) is 0 Å². The third-order valence-corrected chi connectivity index (χ3v) is 1.26.